The van der Waals surface area contributed by atoms with Gasteiger partial charge in [0.2, 0.25) is 0 Å². The van der Waals surface area contributed by atoms with Gasteiger partial charge in [-0.2, -0.15) is 5.10 Å². The molecule has 5 heteroatoms. The van der Waals surface area contributed by atoms with Crippen molar-refractivity contribution in [1.29, 1.82) is 0 Å². The minimum absolute atomic E-state index is 0.227. The molecule has 0 radical (unpaired) electrons. The van der Waals surface area contributed by atoms with Crippen LogP contribution in [0.25, 0.3) is 0 Å². The van der Waals surface area contributed by atoms with Gasteiger partial charge in [0, 0.05) is 32.3 Å². The molecule has 1 aliphatic heterocycles. The number of rotatable bonds is 3. The average molecular weight is 341 g/mol. The lowest BCUT2D eigenvalue weighted by Crippen LogP contribution is -2.38. The van der Waals surface area contributed by atoms with Crippen molar-refractivity contribution in [2.45, 2.75) is 52.2 Å². The molecule has 0 fully saturated rings. The van der Waals surface area contributed by atoms with Crippen LogP contribution in [0.1, 0.15) is 37.6 Å². The van der Waals surface area contributed by atoms with Crippen molar-refractivity contribution < 1.29 is 9.53 Å². The van der Waals surface area contributed by atoms with E-state index in [4.69, 9.17) is 9.84 Å². The molecule has 1 aromatic carbocycles. The summed E-state index contributed by atoms with van der Waals surface area (Å²) in [5.41, 5.74) is 3.23. The Morgan fingerprint density at radius 2 is 1.88 bits per heavy atom. The number of nitrogens with zero attached hydrogens (tertiary/aromatic N) is 3. The van der Waals surface area contributed by atoms with Gasteiger partial charge in [-0.25, -0.2) is 4.79 Å². The van der Waals surface area contributed by atoms with Crippen LogP contribution in [-0.2, 0) is 30.5 Å². The summed E-state index contributed by atoms with van der Waals surface area (Å²) in [6.45, 7) is 7.93. The fraction of sp³-hybridized carbons (Fsp3) is 0.500. The Labute approximate surface area is 149 Å². The monoisotopic (exact) mass is 341 g/mol. The quantitative estimate of drug-likeness (QED) is 0.859. The van der Waals surface area contributed by atoms with E-state index in [2.05, 4.69) is 30.5 Å². The fourth-order valence-corrected chi connectivity index (χ4v) is 3.04. The number of amides is 1. The molecule has 0 bridgehead atoms. The molecule has 0 saturated heterocycles. The Kier molecular flexibility index (Phi) is 5.11. The number of aromatic nitrogens is 2. The molecule has 5 nitrogen and oxygen atoms in total. The van der Waals surface area contributed by atoms with Crippen LogP contribution in [0.4, 0.5) is 4.79 Å². The third-order valence-corrected chi connectivity index (χ3v) is 4.32. The molecule has 0 spiro atoms. The zero-order valence-corrected chi connectivity index (χ0v) is 15.4. The number of aryl methyl sites for hydroxylation is 2. The summed E-state index contributed by atoms with van der Waals surface area (Å²) in [6.07, 6.45) is 4.50. The number of hydrogen-bond acceptors (Lipinski definition) is 3. The topological polar surface area (TPSA) is 47.4 Å². The molecule has 1 aliphatic rings. The van der Waals surface area contributed by atoms with E-state index < -0.39 is 5.60 Å². The number of ether oxygens (including phenoxy) is 1. The average Bonchev–Trinajstić information content (AvgIpc) is 2.84. The lowest BCUT2D eigenvalue weighted by molar-refractivity contribution is 0.0258. The molecule has 0 unspecified atom stereocenters. The molecule has 2 aromatic rings. The molecule has 3 rings (SSSR count). The van der Waals surface area contributed by atoms with Gasteiger partial charge in [0.1, 0.15) is 5.60 Å². The smallest absolute Gasteiger partial charge is 0.410 e. The molecule has 1 aromatic heterocycles. The third kappa shape index (κ3) is 4.84. The van der Waals surface area contributed by atoms with Crippen molar-refractivity contribution in [3.63, 3.8) is 0 Å². The maximum atomic E-state index is 12.2. The largest absolute Gasteiger partial charge is 0.444 e. The third-order valence-electron chi connectivity index (χ3n) is 4.32. The molecule has 0 saturated carbocycles. The second-order valence-electron chi connectivity index (χ2n) is 7.57. The second kappa shape index (κ2) is 7.30. The summed E-state index contributed by atoms with van der Waals surface area (Å²) in [5.74, 6) is 0. The first-order chi connectivity index (χ1) is 11.9. The van der Waals surface area contributed by atoms with Crippen molar-refractivity contribution in [2.24, 2.45) is 0 Å². The van der Waals surface area contributed by atoms with E-state index in [9.17, 15) is 4.79 Å². The minimum atomic E-state index is -0.454. The van der Waals surface area contributed by atoms with Crippen LogP contribution < -0.4 is 0 Å². The number of carbonyl (C=O) groups is 1. The molecule has 0 aliphatic carbocycles. The lowest BCUT2D eigenvalue weighted by Gasteiger charge is -2.26. The molecular formula is C20H27N3O2. The van der Waals surface area contributed by atoms with Gasteiger partial charge in [0.05, 0.1) is 5.69 Å². The maximum Gasteiger partial charge on any atom is 0.410 e. The number of carbonyl (C=O) groups excluding carboxylic acids is 1. The van der Waals surface area contributed by atoms with Crippen LogP contribution >= 0.6 is 0 Å². The van der Waals surface area contributed by atoms with Crippen molar-refractivity contribution in [3.8, 4) is 0 Å². The Morgan fingerprint density at radius 3 is 2.60 bits per heavy atom. The molecule has 25 heavy (non-hydrogen) atoms. The second-order valence-corrected chi connectivity index (χ2v) is 7.57. The first kappa shape index (κ1) is 17.5. The summed E-state index contributed by atoms with van der Waals surface area (Å²) in [5, 5.41) is 4.73. The minimum Gasteiger partial charge on any atom is -0.444 e. The zero-order chi connectivity index (χ0) is 17.9. The Bertz CT molecular complexity index is 691. The highest BCUT2D eigenvalue weighted by Gasteiger charge is 2.25. The molecule has 1 amide bonds. The van der Waals surface area contributed by atoms with Crippen molar-refractivity contribution in [1.82, 2.24) is 14.7 Å². The number of benzene rings is 1. The van der Waals surface area contributed by atoms with Gasteiger partial charge < -0.3 is 9.64 Å². The Hall–Kier alpha value is -2.30. The number of hydrogen-bond donors (Lipinski definition) is 0. The van der Waals surface area contributed by atoms with Gasteiger partial charge in [0.15, 0.2) is 0 Å². The van der Waals surface area contributed by atoms with E-state index in [-0.39, 0.29) is 6.09 Å². The summed E-state index contributed by atoms with van der Waals surface area (Å²) < 4.78 is 7.52. The molecule has 0 atom stereocenters. The standard InChI is InChI=1S/C20H27N3O2/c1-20(2,3)25-19(24)22-12-10-17-15-23(21-18(17)11-13-22)14-9-16-7-5-4-6-8-16/h4-8,15H,9-14H2,1-3H3. The van der Waals surface area contributed by atoms with Gasteiger partial charge in [-0.15, -0.1) is 0 Å². The molecular weight excluding hydrogens is 314 g/mol. The SMILES string of the molecule is CC(C)(C)OC(=O)N1CCc2cn(CCc3ccccc3)nc2CC1. The Balaban J connectivity index is 1.57. The van der Waals surface area contributed by atoms with Crippen LogP contribution in [0.5, 0.6) is 0 Å². The van der Waals surface area contributed by atoms with Gasteiger partial charge >= 0.3 is 6.09 Å². The predicted molar refractivity (Wildman–Crippen MR) is 97.6 cm³/mol. The maximum absolute atomic E-state index is 12.2. The van der Waals surface area contributed by atoms with E-state index in [1.165, 1.54) is 11.1 Å². The number of fused-ring (bicyclic) bond motifs is 1. The van der Waals surface area contributed by atoms with Gasteiger partial charge in [-0.3, -0.25) is 4.68 Å². The highest BCUT2D eigenvalue weighted by molar-refractivity contribution is 5.68. The van der Waals surface area contributed by atoms with E-state index in [0.29, 0.717) is 13.1 Å². The van der Waals surface area contributed by atoms with Gasteiger partial charge in [-0.05, 0) is 44.7 Å². The van der Waals surface area contributed by atoms with Crippen LogP contribution in [0.2, 0.25) is 0 Å². The summed E-state index contributed by atoms with van der Waals surface area (Å²) in [6, 6.07) is 10.5. The summed E-state index contributed by atoms with van der Waals surface area (Å²) >= 11 is 0. The van der Waals surface area contributed by atoms with Crippen LogP contribution in [0.15, 0.2) is 36.5 Å². The summed E-state index contributed by atoms with van der Waals surface area (Å²) in [4.78, 5) is 14.0. The zero-order valence-electron chi connectivity index (χ0n) is 15.4. The molecule has 0 N–H and O–H groups in total. The van der Waals surface area contributed by atoms with Gasteiger partial charge in [-0.1, -0.05) is 30.3 Å². The van der Waals surface area contributed by atoms with Crippen molar-refractivity contribution in [3.05, 3.63) is 53.3 Å². The van der Waals surface area contributed by atoms with Crippen molar-refractivity contribution >= 4 is 6.09 Å². The van der Waals surface area contributed by atoms with E-state index >= 15 is 0 Å². The normalized spacial score (nSPS) is 14.8. The van der Waals surface area contributed by atoms with Crippen LogP contribution in [0, 0.1) is 0 Å². The lowest BCUT2D eigenvalue weighted by atomic mass is 10.1. The van der Waals surface area contributed by atoms with E-state index in [1.807, 2.05) is 31.5 Å². The fourth-order valence-electron chi connectivity index (χ4n) is 3.04. The van der Waals surface area contributed by atoms with Crippen molar-refractivity contribution in [2.75, 3.05) is 13.1 Å². The van der Waals surface area contributed by atoms with Crippen LogP contribution in [0.3, 0.4) is 0 Å². The highest BCUT2D eigenvalue weighted by Crippen LogP contribution is 2.17. The first-order valence-corrected chi connectivity index (χ1v) is 8.98. The van der Waals surface area contributed by atoms with E-state index in [0.717, 1.165) is 31.5 Å². The predicted octanol–water partition coefficient (Wildman–Crippen LogP) is 3.46. The Morgan fingerprint density at radius 1 is 1.16 bits per heavy atom. The first-order valence-electron chi connectivity index (χ1n) is 8.98. The molecule has 2 heterocycles. The van der Waals surface area contributed by atoms with Crippen LogP contribution in [-0.4, -0.2) is 39.5 Å². The summed E-state index contributed by atoms with van der Waals surface area (Å²) in [7, 11) is 0. The molecule has 134 valence electrons. The highest BCUT2D eigenvalue weighted by atomic mass is 16.6. The van der Waals surface area contributed by atoms with Gasteiger partial charge in [0.25, 0.3) is 0 Å². The van der Waals surface area contributed by atoms with E-state index in [1.54, 1.807) is 4.90 Å².